The smallest absolute Gasteiger partial charge is 0.165 e. The monoisotopic (exact) mass is 640 g/mol. The molecule has 8 aromatic rings. The van der Waals surface area contributed by atoms with E-state index in [0.717, 1.165) is 32.9 Å². The molecule has 0 N–H and O–H groups in total. The molecule has 0 bridgehead atoms. The first kappa shape index (κ1) is 29.3. The predicted molar refractivity (Wildman–Crippen MR) is 197 cm³/mol. The highest BCUT2D eigenvalue weighted by Gasteiger charge is 2.37. The Bertz CT molecular complexity index is 2690. The van der Waals surface area contributed by atoms with Crippen LogP contribution in [0.5, 0.6) is 0 Å². The lowest BCUT2D eigenvalue weighted by molar-refractivity contribution is 0.661. The number of aromatic nitrogens is 4. The van der Waals surface area contributed by atoms with E-state index in [2.05, 4.69) is 85.2 Å². The van der Waals surface area contributed by atoms with Crippen LogP contribution < -0.4 is 0 Å². The zero-order valence-corrected chi connectivity index (χ0v) is 27.4. The second kappa shape index (κ2) is 11.1. The molecule has 6 heteroatoms. The normalized spacial score (nSPS) is 12.7. The maximum atomic E-state index is 10.8. The molecule has 50 heavy (non-hydrogen) atoms. The highest BCUT2D eigenvalue weighted by Crippen LogP contribution is 2.53. The summed E-state index contributed by atoms with van der Waals surface area (Å²) in [7, 11) is 0. The second-order valence-electron chi connectivity index (χ2n) is 13.0. The lowest BCUT2D eigenvalue weighted by Gasteiger charge is -2.21. The van der Waals surface area contributed by atoms with Gasteiger partial charge in [0.1, 0.15) is 12.1 Å². The van der Waals surface area contributed by atoms with E-state index in [4.69, 9.17) is 15.0 Å². The fourth-order valence-electron chi connectivity index (χ4n) is 7.63. The molecule has 0 saturated carbocycles. The molecule has 2 aromatic heterocycles. The van der Waals surface area contributed by atoms with Crippen LogP contribution in [0.1, 0.15) is 36.1 Å². The van der Waals surface area contributed by atoms with E-state index in [0.29, 0.717) is 28.7 Å². The van der Waals surface area contributed by atoms with Crippen molar-refractivity contribution >= 4 is 21.8 Å². The molecule has 0 aliphatic heterocycles. The Labute approximate surface area is 289 Å². The van der Waals surface area contributed by atoms with Crippen molar-refractivity contribution in [3.05, 3.63) is 156 Å². The standard InChI is InChI=1S/C44H28N6/c1-44(2)34-19-11-9-17-30(34)39-35(44)22-24-38-40(39)31-18-10-12-20-36(31)50(38)37-23-21-29(32(25-45)33(37)26-46)43-48-41(27-13-5-3-6-14-27)47-42(49-43)28-15-7-4-8-16-28/h3-24H,1-2H3. The molecule has 6 nitrogen and oxygen atoms in total. The minimum Gasteiger partial charge on any atom is -0.308 e. The van der Waals surface area contributed by atoms with Crippen LogP contribution in [0.2, 0.25) is 0 Å². The molecular formula is C44H28N6. The van der Waals surface area contributed by atoms with Crippen molar-refractivity contribution in [3.8, 4) is 63.1 Å². The van der Waals surface area contributed by atoms with Crippen molar-refractivity contribution in [2.75, 3.05) is 0 Å². The molecule has 0 saturated heterocycles. The van der Waals surface area contributed by atoms with Crippen LogP contribution in [-0.2, 0) is 5.41 Å². The third kappa shape index (κ3) is 4.23. The molecule has 0 atom stereocenters. The Kier molecular flexibility index (Phi) is 6.49. The van der Waals surface area contributed by atoms with Gasteiger partial charge in [0.05, 0.1) is 27.8 Å². The SMILES string of the molecule is CC1(C)c2ccccc2-c2c1ccc1c2c2ccccc2n1-c1ccc(-c2nc(-c3ccccc3)nc(-c3ccccc3)n2)c(C#N)c1C#N. The van der Waals surface area contributed by atoms with Crippen LogP contribution in [-0.4, -0.2) is 19.5 Å². The average Bonchev–Trinajstić information content (AvgIpc) is 3.63. The molecule has 0 radical (unpaired) electrons. The molecule has 0 spiro atoms. The van der Waals surface area contributed by atoms with E-state index in [9.17, 15) is 10.5 Å². The molecule has 0 fully saturated rings. The first-order valence-electron chi connectivity index (χ1n) is 16.5. The Morgan fingerprint density at radius 3 is 1.80 bits per heavy atom. The van der Waals surface area contributed by atoms with Crippen LogP contribution in [0, 0.1) is 22.7 Å². The van der Waals surface area contributed by atoms with Gasteiger partial charge in [-0.1, -0.05) is 123 Å². The lowest BCUT2D eigenvalue weighted by atomic mass is 9.82. The Morgan fingerprint density at radius 2 is 1.12 bits per heavy atom. The van der Waals surface area contributed by atoms with E-state index < -0.39 is 0 Å². The van der Waals surface area contributed by atoms with Gasteiger partial charge in [-0.15, -0.1) is 0 Å². The highest BCUT2D eigenvalue weighted by atomic mass is 15.0. The molecule has 2 heterocycles. The number of fused-ring (bicyclic) bond motifs is 7. The van der Waals surface area contributed by atoms with Gasteiger partial charge in [-0.3, -0.25) is 0 Å². The minimum atomic E-state index is -0.154. The van der Waals surface area contributed by atoms with Crippen molar-refractivity contribution in [3.63, 3.8) is 0 Å². The van der Waals surface area contributed by atoms with Crippen LogP contribution in [0.3, 0.4) is 0 Å². The van der Waals surface area contributed by atoms with Gasteiger partial charge in [-0.25, -0.2) is 15.0 Å². The van der Waals surface area contributed by atoms with Gasteiger partial charge < -0.3 is 4.57 Å². The maximum Gasteiger partial charge on any atom is 0.165 e. The van der Waals surface area contributed by atoms with E-state index in [-0.39, 0.29) is 16.5 Å². The van der Waals surface area contributed by atoms with E-state index >= 15 is 0 Å². The number of nitriles is 2. The zero-order chi connectivity index (χ0) is 34.0. The number of hydrogen-bond donors (Lipinski definition) is 0. The van der Waals surface area contributed by atoms with Crippen LogP contribution >= 0.6 is 0 Å². The van der Waals surface area contributed by atoms with Gasteiger partial charge in [-0.05, 0) is 46.5 Å². The number of benzene rings is 6. The largest absolute Gasteiger partial charge is 0.308 e. The summed E-state index contributed by atoms with van der Waals surface area (Å²) < 4.78 is 2.13. The van der Waals surface area contributed by atoms with Crippen LogP contribution in [0.25, 0.3) is 72.8 Å². The third-order valence-electron chi connectivity index (χ3n) is 9.97. The Hall–Kier alpha value is -6.89. The van der Waals surface area contributed by atoms with Gasteiger partial charge in [0.15, 0.2) is 17.5 Å². The van der Waals surface area contributed by atoms with Crippen molar-refractivity contribution < 1.29 is 0 Å². The number of hydrogen-bond acceptors (Lipinski definition) is 5. The zero-order valence-electron chi connectivity index (χ0n) is 27.4. The van der Waals surface area contributed by atoms with Gasteiger partial charge in [-0.2, -0.15) is 10.5 Å². The lowest BCUT2D eigenvalue weighted by Crippen LogP contribution is -2.14. The molecule has 0 unspecified atom stereocenters. The quantitative estimate of drug-likeness (QED) is 0.191. The van der Waals surface area contributed by atoms with Crippen LogP contribution in [0.4, 0.5) is 0 Å². The van der Waals surface area contributed by atoms with Gasteiger partial charge in [0.25, 0.3) is 0 Å². The molecule has 6 aromatic carbocycles. The summed E-state index contributed by atoms with van der Waals surface area (Å²) in [6.07, 6.45) is 0. The molecule has 0 amide bonds. The van der Waals surface area contributed by atoms with Gasteiger partial charge >= 0.3 is 0 Å². The van der Waals surface area contributed by atoms with Crippen LogP contribution in [0.15, 0.2) is 133 Å². The fraction of sp³-hybridized carbons (Fsp3) is 0.0682. The first-order chi connectivity index (χ1) is 24.5. The number of nitrogens with zero attached hydrogens (tertiary/aromatic N) is 6. The minimum absolute atomic E-state index is 0.154. The van der Waals surface area contributed by atoms with E-state index in [1.54, 1.807) is 0 Å². The van der Waals surface area contributed by atoms with E-state index in [1.165, 1.54) is 22.3 Å². The highest BCUT2D eigenvalue weighted by molar-refractivity contribution is 6.18. The summed E-state index contributed by atoms with van der Waals surface area (Å²) in [6.45, 7) is 4.56. The summed E-state index contributed by atoms with van der Waals surface area (Å²) in [4.78, 5) is 14.5. The molecule has 1 aliphatic carbocycles. The van der Waals surface area contributed by atoms with Crippen molar-refractivity contribution in [1.82, 2.24) is 19.5 Å². The summed E-state index contributed by atoms with van der Waals surface area (Å²) >= 11 is 0. The Morgan fingerprint density at radius 1 is 0.520 bits per heavy atom. The van der Waals surface area contributed by atoms with Crippen molar-refractivity contribution in [1.29, 1.82) is 10.5 Å². The third-order valence-corrected chi connectivity index (χ3v) is 9.97. The predicted octanol–water partition coefficient (Wildman–Crippen LogP) is 10.0. The summed E-state index contributed by atoms with van der Waals surface area (Å²) in [6, 6.07) is 49.3. The fourth-order valence-corrected chi connectivity index (χ4v) is 7.63. The van der Waals surface area contributed by atoms with Crippen molar-refractivity contribution in [2.24, 2.45) is 0 Å². The molecule has 9 rings (SSSR count). The Balaban J connectivity index is 1.31. The number of para-hydroxylation sites is 1. The van der Waals surface area contributed by atoms with E-state index in [1.807, 2.05) is 78.9 Å². The molecular weight excluding hydrogens is 613 g/mol. The molecule has 234 valence electrons. The topological polar surface area (TPSA) is 91.2 Å². The summed E-state index contributed by atoms with van der Waals surface area (Å²) in [5.74, 6) is 1.30. The van der Waals surface area contributed by atoms with Crippen molar-refractivity contribution in [2.45, 2.75) is 19.3 Å². The average molecular weight is 641 g/mol. The second-order valence-corrected chi connectivity index (χ2v) is 13.0. The van der Waals surface area contributed by atoms with Gasteiger partial charge in [0, 0.05) is 32.9 Å². The molecule has 1 aliphatic rings. The van der Waals surface area contributed by atoms with Gasteiger partial charge in [0.2, 0.25) is 0 Å². The number of rotatable bonds is 4. The summed E-state index contributed by atoms with van der Waals surface area (Å²) in [5, 5.41) is 23.8. The first-order valence-corrected chi connectivity index (χ1v) is 16.5. The maximum absolute atomic E-state index is 10.8. The summed E-state index contributed by atoms with van der Waals surface area (Å²) in [5.41, 5.74) is 10.0.